The van der Waals surface area contributed by atoms with Crippen molar-refractivity contribution in [2.45, 2.75) is 0 Å². The molecule has 0 N–H and O–H groups in total. The number of hydrogen-bond donors (Lipinski definition) is 0. The summed E-state index contributed by atoms with van der Waals surface area (Å²) in [6, 6.07) is 69.9. The summed E-state index contributed by atoms with van der Waals surface area (Å²) in [5.74, 6) is 0. The molecule has 55 heavy (non-hydrogen) atoms. The molecule has 3 nitrogen and oxygen atoms in total. The van der Waals surface area contributed by atoms with Crippen LogP contribution in [0.4, 0.5) is 0 Å². The van der Waals surface area contributed by atoms with Gasteiger partial charge >= 0.3 is 0 Å². The zero-order valence-corrected chi connectivity index (χ0v) is 30.7. The van der Waals surface area contributed by atoms with E-state index in [9.17, 15) is 0 Å². The van der Waals surface area contributed by atoms with Gasteiger partial charge in [0, 0.05) is 43.2 Å². The molecule has 0 aliphatic carbocycles. The Morgan fingerprint density at radius 1 is 0.418 bits per heavy atom. The molecule has 8 aromatic carbocycles. The molecule has 0 spiro atoms. The first-order valence-electron chi connectivity index (χ1n) is 18.6. The van der Waals surface area contributed by atoms with Crippen molar-refractivity contribution in [1.29, 1.82) is 0 Å². The summed E-state index contributed by atoms with van der Waals surface area (Å²) in [6.07, 6.45) is 0. The average molecular weight is 721 g/mol. The number of fused-ring (bicyclic) bond motifs is 8. The fourth-order valence-electron chi connectivity index (χ4n) is 8.59. The molecule has 258 valence electrons. The van der Waals surface area contributed by atoms with Gasteiger partial charge in [0.25, 0.3) is 0 Å². The van der Waals surface area contributed by atoms with Gasteiger partial charge in [-0.1, -0.05) is 176 Å². The number of rotatable bonds is 5. The minimum Gasteiger partial charge on any atom is -0.309 e. The molecule has 11 rings (SSSR count). The Morgan fingerprint density at radius 2 is 1.00 bits per heavy atom. The van der Waals surface area contributed by atoms with Gasteiger partial charge in [-0.3, -0.25) is 0 Å². The number of hydrogen-bond acceptors (Lipinski definition) is 2. The third-order valence-corrected chi connectivity index (χ3v) is 14.3. The normalized spacial score (nSPS) is 14.7. The molecule has 0 fully saturated rings. The summed E-state index contributed by atoms with van der Waals surface area (Å²) in [5, 5.41) is 7.20. The van der Waals surface area contributed by atoms with E-state index in [0.717, 1.165) is 82.4 Å². The van der Waals surface area contributed by atoms with Crippen molar-refractivity contribution in [2.75, 3.05) is 0 Å². The summed E-state index contributed by atoms with van der Waals surface area (Å²) in [5.41, 5.74) is 11.5. The lowest BCUT2D eigenvalue weighted by Crippen LogP contribution is -2.20. The van der Waals surface area contributed by atoms with E-state index in [2.05, 4.69) is 156 Å². The monoisotopic (exact) mass is 720 g/mol. The first-order chi connectivity index (χ1) is 27.1. The number of benzene rings is 8. The molecule has 1 aliphatic rings. The zero-order valence-electron chi connectivity index (χ0n) is 29.8. The van der Waals surface area contributed by atoms with Crippen molar-refractivity contribution in [3.8, 4) is 50.5 Å². The third kappa shape index (κ3) is 4.91. The van der Waals surface area contributed by atoms with Crippen molar-refractivity contribution < 1.29 is 4.57 Å². The van der Waals surface area contributed by atoms with Crippen LogP contribution in [0.25, 0.3) is 83.0 Å². The smallest absolute Gasteiger partial charge is 0.172 e. The zero-order chi connectivity index (χ0) is 36.5. The quantitative estimate of drug-likeness (QED) is 0.166. The van der Waals surface area contributed by atoms with Crippen LogP contribution in [-0.4, -0.2) is 9.55 Å². The van der Waals surface area contributed by atoms with Crippen molar-refractivity contribution in [3.05, 3.63) is 200 Å². The lowest BCUT2D eigenvalue weighted by atomic mass is 10.0. The molecule has 10 aromatic rings. The lowest BCUT2D eigenvalue weighted by Gasteiger charge is -2.16. The topological polar surface area (TPSA) is 34.9 Å². The summed E-state index contributed by atoms with van der Waals surface area (Å²) < 4.78 is 18.0. The van der Waals surface area contributed by atoms with Gasteiger partial charge in [0.1, 0.15) is 0 Å². The Labute approximate surface area is 319 Å². The van der Waals surface area contributed by atoms with Crippen molar-refractivity contribution in [3.63, 3.8) is 0 Å². The predicted octanol–water partition coefficient (Wildman–Crippen LogP) is 12.0. The van der Waals surface area contributed by atoms with Crippen LogP contribution in [0.1, 0.15) is 0 Å². The minimum absolute atomic E-state index is 0.860. The highest BCUT2D eigenvalue weighted by atomic mass is 31.2. The third-order valence-electron chi connectivity index (χ3n) is 11.2. The summed E-state index contributed by atoms with van der Waals surface area (Å²) in [6.45, 7) is 0. The number of aromatic nitrogens is 2. The Morgan fingerprint density at radius 3 is 1.75 bits per heavy atom. The van der Waals surface area contributed by atoms with Crippen LogP contribution < -0.4 is 15.9 Å². The van der Waals surface area contributed by atoms with Gasteiger partial charge in [0.05, 0.1) is 28.1 Å². The van der Waals surface area contributed by atoms with Crippen molar-refractivity contribution in [1.82, 2.24) is 9.55 Å². The summed E-state index contributed by atoms with van der Waals surface area (Å²) in [4.78, 5) is 5.30. The number of nitrogens with zero attached hydrogens (tertiary/aromatic N) is 2. The highest BCUT2D eigenvalue weighted by Gasteiger charge is 2.40. The SMILES string of the molecule is O=P1(c2ccccc2)c2ccccc2-c2cc3c(cc21)c1ccc2ccccc2c1n3-c1cc(-c2ccccc2)nc(-c2ccc(-c3ccccc3)cc2)c1. The van der Waals surface area contributed by atoms with Crippen LogP contribution in [-0.2, 0) is 4.57 Å². The van der Waals surface area contributed by atoms with E-state index in [0.29, 0.717) is 0 Å². The molecule has 0 bridgehead atoms. The van der Waals surface area contributed by atoms with E-state index >= 15 is 4.57 Å². The van der Waals surface area contributed by atoms with Crippen LogP contribution in [0, 0.1) is 0 Å². The maximum Gasteiger partial charge on any atom is 0.172 e. The van der Waals surface area contributed by atoms with Gasteiger partial charge in [-0.05, 0) is 51.9 Å². The van der Waals surface area contributed by atoms with Gasteiger partial charge in [-0.2, -0.15) is 0 Å². The number of pyridine rings is 1. The van der Waals surface area contributed by atoms with E-state index in [-0.39, 0.29) is 0 Å². The molecule has 0 saturated carbocycles. The Bertz CT molecular complexity index is 3150. The lowest BCUT2D eigenvalue weighted by molar-refractivity contribution is 0.593. The van der Waals surface area contributed by atoms with E-state index in [1.807, 2.05) is 48.5 Å². The molecule has 0 saturated heterocycles. The molecule has 1 atom stereocenters. The van der Waals surface area contributed by atoms with Crippen LogP contribution in [0.15, 0.2) is 200 Å². The molecule has 3 heterocycles. The first-order valence-corrected chi connectivity index (χ1v) is 20.4. The highest BCUT2D eigenvalue weighted by Crippen LogP contribution is 2.53. The largest absolute Gasteiger partial charge is 0.309 e. The fourth-order valence-corrected chi connectivity index (χ4v) is 11.7. The van der Waals surface area contributed by atoms with Crippen LogP contribution in [0.5, 0.6) is 0 Å². The fraction of sp³-hybridized carbons (Fsp3) is 0. The highest BCUT2D eigenvalue weighted by molar-refractivity contribution is 7.86. The van der Waals surface area contributed by atoms with Gasteiger partial charge in [-0.15, -0.1) is 0 Å². The predicted molar refractivity (Wildman–Crippen MR) is 231 cm³/mol. The van der Waals surface area contributed by atoms with Gasteiger partial charge < -0.3 is 9.13 Å². The second-order valence-corrected chi connectivity index (χ2v) is 17.0. The minimum atomic E-state index is -3.14. The average Bonchev–Trinajstić information content (AvgIpc) is 3.73. The molecule has 0 radical (unpaired) electrons. The van der Waals surface area contributed by atoms with E-state index in [1.165, 1.54) is 16.5 Å². The van der Waals surface area contributed by atoms with Gasteiger partial charge in [0.2, 0.25) is 0 Å². The van der Waals surface area contributed by atoms with E-state index in [4.69, 9.17) is 4.98 Å². The van der Waals surface area contributed by atoms with Crippen LogP contribution >= 0.6 is 7.14 Å². The molecule has 4 heteroatoms. The Balaban J connectivity index is 1.22. The standard InChI is InChI=1S/C51H33N2OP/c54-55(40-19-8-3-9-20-40)49-23-13-12-22-42(49)45-32-48-44(33-50(45)55)43-29-28-36-16-10-11-21-41(36)51(43)53(48)39-30-46(37-17-6-2-7-18-37)52-47(31-39)38-26-24-35(25-27-38)34-14-4-1-5-15-34/h1-33H. The van der Waals surface area contributed by atoms with Crippen molar-refractivity contribution in [2.24, 2.45) is 0 Å². The molecule has 0 amide bonds. The first kappa shape index (κ1) is 31.7. The van der Waals surface area contributed by atoms with Gasteiger partial charge in [-0.25, -0.2) is 4.98 Å². The second kappa shape index (κ2) is 12.4. The summed E-state index contributed by atoms with van der Waals surface area (Å²) >= 11 is 0. The molecular formula is C51H33N2OP. The van der Waals surface area contributed by atoms with Crippen LogP contribution in [0.3, 0.4) is 0 Å². The summed E-state index contributed by atoms with van der Waals surface area (Å²) in [7, 11) is -3.14. The maximum absolute atomic E-state index is 15.6. The maximum atomic E-state index is 15.6. The van der Waals surface area contributed by atoms with E-state index < -0.39 is 7.14 Å². The molecule has 2 aromatic heterocycles. The van der Waals surface area contributed by atoms with E-state index in [1.54, 1.807) is 0 Å². The van der Waals surface area contributed by atoms with Crippen molar-refractivity contribution >= 4 is 55.6 Å². The Hall–Kier alpha value is -6.80. The molecule has 1 unspecified atom stereocenters. The second-order valence-electron chi connectivity index (χ2n) is 14.3. The molecule has 1 aliphatic heterocycles. The van der Waals surface area contributed by atoms with Gasteiger partial charge in [0.15, 0.2) is 7.14 Å². The Kier molecular flexibility index (Phi) is 7.14. The van der Waals surface area contributed by atoms with Crippen LogP contribution in [0.2, 0.25) is 0 Å². The molecular weight excluding hydrogens is 688 g/mol.